The van der Waals surface area contributed by atoms with Crippen LogP contribution in [0.4, 0.5) is 0 Å². The van der Waals surface area contributed by atoms with Crippen LogP contribution in [-0.2, 0) is 6.42 Å². The summed E-state index contributed by atoms with van der Waals surface area (Å²) >= 11 is 0. The molecular formula is C17H29N3. The number of aromatic nitrogens is 1. The lowest BCUT2D eigenvalue weighted by atomic mass is 9.93. The Morgan fingerprint density at radius 2 is 2.10 bits per heavy atom. The summed E-state index contributed by atoms with van der Waals surface area (Å²) in [7, 11) is 4.40. The van der Waals surface area contributed by atoms with E-state index in [1.54, 1.807) is 0 Å². The topological polar surface area (TPSA) is 28.2 Å². The maximum Gasteiger partial charge on any atom is 0.0605 e. The van der Waals surface area contributed by atoms with Crippen molar-refractivity contribution >= 4 is 0 Å². The Morgan fingerprint density at radius 1 is 1.35 bits per heavy atom. The molecule has 0 aliphatic heterocycles. The number of aryl methyl sites for hydroxylation is 1. The SMILES string of the molecule is CCC(CC)C(CNC1CCc2cccnc21)N(C)C. The number of nitrogens with zero attached hydrogens (tertiary/aromatic N) is 2. The van der Waals surface area contributed by atoms with Crippen molar-refractivity contribution < 1.29 is 0 Å². The van der Waals surface area contributed by atoms with Crippen molar-refractivity contribution in [2.75, 3.05) is 20.6 Å². The van der Waals surface area contributed by atoms with E-state index in [0.717, 1.165) is 12.5 Å². The fourth-order valence-electron chi connectivity index (χ4n) is 3.48. The highest BCUT2D eigenvalue weighted by Crippen LogP contribution is 2.29. The van der Waals surface area contributed by atoms with Crippen LogP contribution >= 0.6 is 0 Å². The predicted octanol–water partition coefficient (Wildman–Crippen LogP) is 3.02. The van der Waals surface area contributed by atoms with Gasteiger partial charge in [-0.3, -0.25) is 4.98 Å². The molecule has 0 aromatic carbocycles. The lowest BCUT2D eigenvalue weighted by molar-refractivity contribution is 0.189. The van der Waals surface area contributed by atoms with Crippen molar-refractivity contribution in [2.24, 2.45) is 5.92 Å². The van der Waals surface area contributed by atoms with E-state index in [0.29, 0.717) is 12.1 Å². The molecule has 2 atom stereocenters. The first-order valence-electron chi connectivity index (χ1n) is 8.00. The largest absolute Gasteiger partial charge is 0.307 e. The van der Waals surface area contributed by atoms with Gasteiger partial charge in [0.15, 0.2) is 0 Å². The summed E-state index contributed by atoms with van der Waals surface area (Å²) in [5.41, 5.74) is 2.70. The third-order valence-corrected chi connectivity index (χ3v) is 4.79. The van der Waals surface area contributed by atoms with Crippen LogP contribution in [0.3, 0.4) is 0 Å². The van der Waals surface area contributed by atoms with Crippen LogP contribution in [0.5, 0.6) is 0 Å². The van der Waals surface area contributed by atoms with Crippen molar-refractivity contribution in [1.29, 1.82) is 0 Å². The van der Waals surface area contributed by atoms with Gasteiger partial charge in [0.05, 0.1) is 11.7 Å². The van der Waals surface area contributed by atoms with E-state index in [1.807, 2.05) is 12.3 Å². The van der Waals surface area contributed by atoms with E-state index in [1.165, 1.54) is 36.9 Å². The van der Waals surface area contributed by atoms with E-state index in [4.69, 9.17) is 0 Å². The van der Waals surface area contributed by atoms with Crippen LogP contribution in [0.2, 0.25) is 0 Å². The van der Waals surface area contributed by atoms with Crippen molar-refractivity contribution in [1.82, 2.24) is 15.2 Å². The van der Waals surface area contributed by atoms with E-state index < -0.39 is 0 Å². The zero-order chi connectivity index (χ0) is 14.5. The predicted molar refractivity (Wildman–Crippen MR) is 84.8 cm³/mol. The normalized spacial score (nSPS) is 19.6. The second-order valence-corrected chi connectivity index (χ2v) is 6.15. The molecule has 2 unspecified atom stereocenters. The molecule has 2 rings (SSSR count). The highest BCUT2D eigenvalue weighted by molar-refractivity contribution is 5.27. The van der Waals surface area contributed by atoms with Gasteiger partial charge in [-0.15, -0.1) is 0 Å². The van der Waals surface area contributed by atoms with E-state index in [-0.39, 0.29) is 0 Å². The zero-order valence-electron chi connectivity index (χ0n) is 13.4. The maximum atomic E-state index is 4.57. The summed E-state index contributed by atoms with van der Waals surface area (Å²) in [6, 6.07) is 5.32. The standard InChI is InChI=1S/C17H29N3/c1-5-13(6-2)16(20(3)4)12-19-15-10-9-14-8-7-11-18-17(14)15/h7-8,11,13,15-16,19H,5-6,9-10,12H2,1-4H3. The van der Waals surface area contributed by atoms with Gasteiger partial charge in [0.2, 0.25) is 0 Å². The van der Waals surface area contributed by atoms with Gasteiger partial charge in [-0.2, -0.15) is 0 Å². The fraction of sp³-hybridized carbons (Fsp3) is 0.706. The summed E-state index contributed by atoms with van der Waals surface area (Å²) in [6.45, 7) is 5.66. The number of pyridine rings is 1. The Bertz CT molecular complexity index is 412. The minimum Gasteiger partial charge on any atom is -0.307 e. The molecular weight excluding hydrogens is 246 g/mol. The van der Waals surface area contributed by atoms with Gasteiger partial charge < -0.3 is 10.2 Å². The molecule has 0 radical (unpaired) electrons. The lowest BCUT2D eigenvalue weighted by Gasteiger charge is -2.32. The third kappa shape index (κ3) is 3.39. The van der Waals surface area contributed by atoms with Crippen molar-refractivity contribution in [3.63, 3.8) is 0 Å². The fourth-order valence-corrected chi connectivity index (χ4v) is 3.48. The lowest BCUT2D eigenvalue weighted by Crippen LogP contribution is -2.43. The molecule has 0 bridgehead atoms. The van der Waals surface area contributed by atoms with E-state index in [9.17, 15) is 0 Å². The summed E-state index contributed by atoms with van der Waals surface area (Å²) in [5, 5.41) is 3.76. The molecule has 1 heterocycles. The molecule has 1 aliphatic carbocycles. The van der Waals surface area contributed by atoms with Crippen molar-refractivity contribution in [3.8, 4) is 0 Å². The Kier molecular flexibility index (Phi) is 5.55. The van der Waals surface area contributed by atoms with Crippen LogP contribution < -0.4 is 5.32 Å². The molecule has 1 aromatic heterocycles. The molecule has 1 aliphatic rings. The van der Waals surface area contributed by atoms with Crippen LogP contribution in [0, 0.1) is 5.92 Å². The highest BCUT2D eigenvalue weighted by Gasteiger charge is 2.26. The van der Waals surface area contributed by atoms with Crippen molar-refractivity contribution in [2.45, 2.75) is 51.6 Å². The van der Waals surface area contributed by atoms with Gasteiger partial charge in [-0.1, -0.05) is 32.8 Å². The average Bonchev–Trinajstić information content (AvgIpc) is 2.86. The van der Waals surface area contributed by atoms with Crippen LogP contribution in [0.25, 0.3) is 0 Å². The quantitative estimate of drug-likeness (QED) is 0.829. The third-order valence-electron chi connectivity index (χ3n) is 4.79. The Morgan fingerprint density at radius 3 is 2.75 bits per heavy atom. The molecule has 112 valence electrons. The van der Waals surface area contributed by atoms with Gasteiger partial charge >= 0.3 is 0 Å². The number of fused-ring (bicyclic) bond motifs is 1. The number of hydrogen-bond donors (Lipinski definition) is 1. The smallest absolute Gasteiger partial charge is 0.0605 e. The van der Waals surface area contributed by atoms with Gasteiger partial charge in [0.25, 0.3) is 0 Å². The number of rotatable bonds is 7. The Balaban J connectivity index is 1.97. The molecule has 20 heavy (non-hydrogen) atoms. The minimum atomic E-state index is 0.447. The van der Waals surface area contributed by atoms with Crippen LogP contribution in [0.15, 0.2) is 18.3 Å². The second-order valence-electron chi connectivity index (χ2n) is 6.15. The van der Waals surface area contributed by atoms with Crippen molar-refractivity contribution in [3.05, 3.63) is 29.6 Å². The molecule has 0 spiro atoms. The second kappa shape index (κ2) is 7.19. The molecule has 3 heteroatoms. The Labute approximate surface area is 123 Å². The number of likely N-dealkylation sites (N-methyl/N-ethyl adjacent to an activating group) is 1. The van der Waals surface area contributed by atoms with Crippen LogP contribution in [0.1, 0.15) is 50.4 Å². The first-order chi connectivity index (χ1) is 9.67. The maximum absolute atomic E-state index is 4.57. The molecule has 0 fully saturated rings. The summed E-state index contributed by atoms with van der Waals surface area (Å²) in [4.78, 5) is 6.95. The summed E-state index contributed by atoms with van der Waals surface area (Å²) < 4.78 is 0. The molecule has 1 aromatic rings. The molecule has 0 saturated heterocycles. The van der Waals surface area contributed by atoms with E-state index >= 15 is 0 Å². The summed E-state index contributed by atoms with van der Waals surface area (Å²) in [6.07, 6.45) is 6.78. The first kappa shape index (κ1) is 15.5. The van der Waals surface area contributed by atoms with Crippen LogP contribution in [-0.4, -0.2) is 36.6 Å². The molecule has 0 amide bonds. The monoisotopic (exact) mass is 275 g/mol. The first-order valence-corrected chi connectivity index (χ1v) is 8.00. The van der Waals surface area contributed by atoms with E-state index in [2.05, 4.69) is 49.2 Å². The molecule has 3 nitrogen and oxygen atoms in total. The van der Waals surface area contributed by atoms with Gasteiger partial charge in [-0.05, 0) is 44.5 Å². The summed E-state index contributed by atoms with van der Waals surface area (Å²) in [5.74, 6) is 0.766. The minimum absolute atomic E-state index is 0.447. The number of hydrogen-bond acceptors (Lipinski definition) is 3. The average molecular weight is 275 g/mol. The van der Waals surface area contributed by atoms with Gasteiger partial charge in [0, 0.05) is 18.8 Å². The zero-order valence-corrected chi connectivity index (χ0v) is 13.4. The highest BCUT2D eigenvalue weighted by atomic mass is 15.1. The molecule has 1 N–H and O–H groups in total. The van der Waals surface area contributed by atoms with Gasteiger partial charge in [-0.25, -0.2) is 0 Å². The Hall–Kier alpha value is -0.930. The number of nitrogens with one attached hydrogen (secondary N) is 1. The molecule has 0 saturated carbocycles. The van der Waals surface area contributed by atoms with Gasteiger partial charge in [0.1, 0.15) is 0 Å².